The molecule has 0 aliphatic carbocycles. The summed E-state index contributed by atoms with van der Waals surface area (Å²) in [5.41, 5.74) is 0. The van der Waals surface area contributed by atoms with Crippen LogP contribution in [0, 0.1) is 0 Å². The number of aliphatic hydroxyl groups excluding tert-OH is 13. The molecule has 4 heterocycles. The Hall–Kier alpha value is -2.16. The molecule has 0 saturated carbocycles. The third-order valence-electron chi connectivity index (χ3n) is 17.1. The molecule has 87 heavy (non-hydrogen) atoms. The van der Waals surface area contributed by atoms with Gasteiger partial charge in [-0.2, -0.15) is 0 Å². The van der Waals surface area contributed by atoms with Gasteiger partial charge in [0, 0.05) is 13.3 Å². The average Bonchev–Trinajstić information content (AvgIpc) is 3.37. The molecule has 0 bridgehead atoms. The maximum atomic E-state index is 13.4. The molecule has 0 aromatic rings. The van der Waals surface area contributed by atoms with Gasteiger partial charge in [-0.3, -0.25) is 9.59 Å². The van der Waals surface area contributed by atoms with Crippen LogP contribution in [-0.2, 0) is 47.5 Å². The summed E-state index contributed by atoms with van der Waals surface area (Å²) in [6.45, 7) is 1.59. The number of aliphatic hydroxyl groups is 13. The minimum Gasteiger partial charge on any atom is -0.394 e. The quantitative estimate of drug-likeness (QED) is 0.0305. The molecule has 22 atom stereocenters. The van der Waals surface area contributed by atoms with Gasteiger partial charge in [0.1, 0.15) is 97.6 Å². The zero-order chi connectivity index (χ0) is 63.7. The Morgan fingerprint density at radius 3 is 1.30 bits per heavy atom. The number of rotatable bonds is 45. The number of amides is 2. The molecule has 0 radical (unpaired) electrons. The third-order valence-corrected chi connectivity index (χ3v) is 17.1. The standard InChI is InChI=1S/C62H114N2O23/c1-4-6-8-10-12-14-16-18-19-21-23-25-27-29-31-33-46(71)64-40(41(70)32-30-28-26-24-22-20-17-15-13-11-9-7-5-2)38-80-60-54(78)51(75)57(44(36-67)83-60)86-62-55(79)52(76)56(45(37-68)84-62)85-59-47(63-39(3)69)58(49(73)43(35-66)81-59)87-61-53(77)50(74)48(72)42(34-65)82-61/h30,32,40-45,47-62,65-68,70,72-79H,4-29,31,33-38H2,1-3H3,(H,63,69)(H,64,71)/t40-,41+,42+,43+,44+,45+,47+,48-,49-,50-,51+,52+,53+,54+,55+,56-,57+,58+,59-,60+,61-,62-/m0/s1. The van der Waals surface area contributed by atoms with Crippen molar-refractivity contribution in [3.63, 3.8) is 0 Å². The molecule has 4 saturated heterocycles. The molecule has 15 N–H and O–H groups in total. The fourth-order valence-electron chi connectivity index (χ4n) is 11.7. The van der Waals surface area contributed by atoms with E-state index in [0.29, 0.717) is 12.8 Å². The Labute approximate surface area is 515 Å². The summed E-state index contributed by atoms with van der Waals surface area (Å²) in [5.74, 6) is -1.06. The first kappa shape index (κ1) is 77.3. The Morgan fingerprint density at radius 1 is 0.448 bits per heavy atom. The fraction of sp³-hybridized carbons (Fsp3) is 0.935. The lowest BCUT2D eigenvalue weighted by Crippen LogP contribution is -2.70. The molecule has 2 amide bonds. The van der Waals surface area contributed by atoms with Crippen molar-refractivity contribution < 1.29 is 114 Å². The van der Waals surface area contributed by atoms with Crippen LogP contribution in [-0.4, -0.2) is 246 Å². The first-order valence-electron chi connectivity index (χ1n) is 32.9. The smallest absolute Gasteiger partial charge is 0.220 e. The zero-order valence-corrected chi connectivity index (χ0v) is 52.1. The van der Waals surface area contributed by atoms with E-state index in [1.165, 1.54) is 116 Å². The van der Waals surface area contributed by atoms with Crippen LogP contribution in [0.2, 0.25) is 0 Å². The van der Waals surface area contributed by atoms with Gasteiger partial charge in [-0.05, 0) is 19.3 Å². The predicted molar refractivity (Wildman–Crippen MR) is 317 cm³/mol. The highest BCUT2D eigenvalue weighted by atomic mass is 16.8. The molecule has 0 aromatic heterocycles. The van der Waals surface area contributed by atoms with Crippen molar-refractivity contribution in [3.8, 4) is 0 Å². The second kappa shape index (κ2) is 43.6. The van der Waals surface area contributed by atoms with Crippen molar-refractivity contribution in [1.82, 2.24) is 10.6 Å². The monoisotopic (exact) mass is 1250 g/mol. The van der Waals surface area contributed by atoms with Gasteiger partial charge >= 0.3 is 0 Å². The molecule has 0 spiro atoms. The molecular weight excluding hydrogens is 1140 g/mol. The van der Waals surface area contributed by atoms with E-state index in [9.17, 15) is 76.0 Å². The van der Waals surface area contributed by atoms with Crippen LogP contribution in [0.4, 0.5) is 0 Å². The van der Waals surface area contributed by atoms with Crippen molar-refractivity contribution in [1.29, 1.82) is 0 Å². The van der Waals surface area contributed by atoms with Gasteiger partial charge in [-0.1, -0.05) is 180 Å². The summed E-state index contributed by atoms with van der Waals surface area (Å²) < 4.78 is 46.7. The number of allylic oxidation sites excluding steroid dienone is 1. The van der Waals surface area contributed by atoms with Crippen molar-refractivity contribution in [2.45, 2.75) is 335 Å². The average molecular weight is 1260 g/mol. The molecule has 4 fully saturated rings. The first-order valence-corrected chi connectivity index (χ1v) is 32.9. The Morgan fingerprint density at radius 2 is 0.828 bits per heavy atom. The maximum Gasteiger partial charge on any atom is 0.220 e. The summed E-state index contributed by atoms with van der Waals surface area (Å²) in [6, 6.07) is -2.62. The van der Waals surface area contributed by atoms with Crippen LogP contribution in [0.25, 0.3) is 0 Å². The molecular formula is C62H114N2O23. The van der Waals surface area contributed by atoms with Crippen LogP contribution in [0.3, 0.4) is 0 Å². The number of hydrogen-bond donors (Lipinski definition) is 15. The molecule has 4 rings (SSSR count). The van der Waals surface area contributed by atoms with E-state index in [4.69, 9.17) is 37.9 Å². The fourth-order valence-corrected chi connectivity index (χ4v) is 11.7. The van der Waals surface area contributed by atoms with E-state index >= 15 is 0 Å². The summed E-state index contributed by atoms with van der Waals surface area (Å²) >= 11 is 0. The van der Waals surface area contributed by atoms with E-state index in [2.05, 4.69) is 24.5 Å². The number of hydrogen-bond acceptors (Lipinski definition) is 23. The van der Waals surface area contributed by atoms with Gasteiger partial charge in [0.05, 0.1) is 45.2 Å². The highest BCUT2D eigenvalue weighted by Gasteiger charge is 2.56. The summed E-state index contributed by atoms with van der Waals surface area (Å²) in [7, 11) is 0. The van der Waals surface area contributed by atoms with Crippen LogP contribution >= 0.6 is 0 Å². The number of unbranched alkanes of at least 4 members (excludes halogenated alkanes) is 25. The van der Waals surface area contributed by atoms with Crippen LogP contribution < -0.4 is 10.6 Å². The van der Waals surface area contributed by atoms with Gasteiger partial charge < -0.3 is 115 Å². The number of carbonyl (C=O) groups excluding carboxylic acids is 2. The first-order chi connectivity index (χ1) is 42.0. The molecule has 510 valence electrons. The topological polar surface area (TPSA) is 395 Å². The number of ether oxygens (including phenoxy) is 8. The Bertz CT molecular complexity index is 1830. The Kier molecular flexibility index (Phi) is 38.8. The van der Waals surface area contributed by atoms with Crippen molar-refractivity contribution in [2.24, 2.45) is 0 Å². The maximum absolute atomic E-state index is 13.4. The lowest BCUT2D eigenvalue weighted by Gasteiger charge is -2.50. The summed E-state index contributed by atoms with van der Waals surface area (Å²) in [5, 5.41) is 147. The van der Waals surface area contributed by atoms with E-state index in [0.717, 1.165) is 51.9 Å². The molecule has 0 aromatic carbocycles. The van der Waals surface area contributed by atoms with E-state index in [-0.39, 0.29) is 12.3 Å². The highest BCUT2D eigenvalue weighted by molar-refractivity contribution is 5.76. The molecule has 25 heteroatoms. The Balaban J connectivity index is 1.36. The summed E-state index contributed by atoms with van der Waals surface area (Å²) in [6.07, 6.45) is 0.0598. The summed E-state index contributed by atoms with van der Waals surface area (Å²) in [4.78, 5) is 26.0. The van der Waals surface area contributed by atoms with Crippen LogP contribution in [0.1, 0.15) is 201 Å². The SMILES string of the molecule is CCCCCCCCCCCCCC=C[C@@H](O)[C@H](CO[C@@H]1O[C@H](CO)[C@@H](O[C@@H]2O[C@H](CO)[C@H](O[C@@H]3O[C@H](CO)[C@H](O)[C@H](O[C@@H]4O[C@H](CO)[C@H](O)[C@H](O)[C@H]4O)[C@H]3NC(C)=O)[C@H](O)[C@H]2O)[C@H](O)[C@H]1O)NC(=O)CCCCCCCCCCCCCCCCC. The van der Waals surface area contributed by atoms with Gasteiger partial charge in [-0.15, -0.1) is 0 Å². The van der Waals surface area contributed by atoms with E-state index in [1.54, 1.807) is 6.08 Å². The molecule has 4 aliphatic heterocycles. The minimum atomic E-state index is -2.10. The van der Waals surface area contributed by atoms with Gasteiger partial charge in [0.15, 0.2) is 25.2 Å². The van der Waals surface area contributed by atoms with Crippen molar-refractivity contribution in [3.05, 3.63) is 12.2 Å². The number of nitrogens with one attached hydrogen (secondary N) is 2. The van der Waals surface area contributed by atoms with E-state index in [1.807, 2.05) is 6.08 Å². The second-order valence-electron chi connectivity index (χ2n) is 24.3. The normalized spacial score (nSPS) is 33.8. The largest absolute Gasteiger partial charge is 0.394 e. The van der Waals surface area contributed by atoms with Crippen LogP contribution in [0.15, 0.2) is 12.2 Å². The van der Waals surface area contributed by atoms with Gasteiger partial charge in [-0.25, -0.2) is 0 Å². The molecule has 25 nitrogen and oxygen atoms in total. The molecule has 4 aliphatic rings. The second-order valence-corrected chi connectivity index (χ2v) is 24.3. The minimum absolute atomic E-state index is 0.217. The zero-order valence-electron chi connectivity index (χ0n) is 52.1. The van der Waals surface area contributed by atoms with Gasteiger partial charge in [0.25, 0.3) is 0 Å². The van der Waals surface area contributed by atoms with Crippen molar-refractivity contribution in [2.75, 3.05) is 33.0 Å². The van der Waals surface area contributed by atoms with Crippen LogP contribution in [0.5, 0.6) is 0 Å². The van der Waals surface area contributed by atoms with Gasteiger partial charge in [0.2, 0.25) is 11.8 Å². The predicted octanol–water partition coefficient (Wildman–Crippen LogP) is 1.78. The lowest BCUT2D eigenvalue weighted by atomic mass is 9.94. The lowest BCUT2D eigenvalue weighted by molar-refractivity contribution is -0.380. The van der Waals surface area contributed by atoms with E-state index < -0.39 is 174 Å². The third kappa shape index (κ3) is 26.0. The number of carbonyl (C=O) groups is 2. The van der Waals surface area contributed by atoms with Crippen molar-refractivity contribution >= 4 is 11.8 Å². The highest BCUT2D eigenvalue weighted by Crippen LogP contribution is 2.35. The molecule has 0 unspecified atom stereocenters.